The summed E-state index contributed by atoms with van der Waals surface area (Å²) in [4.78, 5) is 38.9. The van der Waals surface area contributed by atoms with E-state index in [4.69, 9.17) is 18.8 Å². The summed E-state index contributed by atoms with van der Waals surface area (Å²) >= 11 is 0. The van der Waals surface area contributed by atoms with Crippen molar-refractivity contribution in [1.29, 1.82) is 0 Å². The van der Waals surface area contributed by atoms with Crippen LogP contribution in [0, 0.1) is 40.4 Å². The minimum Gasteiger partial charge on any atom is -0.464 e. The molecule has 7 aliphatic rings. The van der Waals surface area contributed by atoms with Gasteiger partial charge in [-0.1, -0.05) is 0 Å². The normalized spacial score (nSPS) is 47.5. The first-order valence-electron chi connectivity index (χ1n) is 11.6. The Bertz CT molecular complexity index is 952. The summed E-state index contributed by atoms with van der Waals surface area (Å²) in [6, 6.07) is 0. The smallest absolute Gasteiger partial charge is 0.324 e. The van der Waals surface area contributed by atoms with Crippen LogP contribution in [0.1, 0.15) is 51.4 Å². The van der Waals surface area contributed by atoms with Crippen LogP contribution >= 0.6 is 0 Å². The van der Waals surface area contributed by atoms with Crippen molar-refractivity contribution in [1.82, 2.24) is 0 Å². The maximum absolute atomic E-state index is 13.4. The first-order valence-corrected chi connectivity index (χ1v) is 13.3. The maximum atomic E-state index is 13.4. The average Bonchev–Trinajstić information content (AvgIpc) is 3.28. The number of ether oxygens (including phenoxy) is 3. The Morgan fingerprint density at radius 1 is 1.00 bits per heavy atom. The van der Waals surface area contributed by atoms with Crippen molar-refractivity contribution in [3.63, 3.8) is 0 Å². The van der Waals surface area contributed by atoms with Crippen molar-refractivity contribution in [2.24, 2.45) is 40.4 Å². The Morgan fingerprint density at radius 2 is 1.62 bits per heavy atom. The predicted molar refractivity (Wildman–Crippen MR) is 106 cm³/mol. The fourth-order valence-electron chi connectivity index (χ4n) is 8.41. The molecule has 7 fully saturated rings. The van der Waals surface area contributed by atoms with Crippen LogP contribution < -0.4 is 0 Å². The van der Waals surface area contributed by atoms with Gasteiger partial charge >= 0.3 is 17.9 Å². The van der Waals surface area contributed by atoms with Crippen molar-refractivity contribution < 1.29 is 41.6 Å². The minimum absolute atomic E-state index is 0.154. The molecule has 6 aliphatic carbocycles. The second-order valence-corrected chi connectivity index (χ2v) is 12.7. The molecule has 9 nitrogen and oxygen atoms in total. The molecule has 1 N–H and O–H groups in total. The topological polar surface area (TPSA) is 133 Å². The quantitative estimate of drug-likeness (QED) is 0.266. The summed E-state index contributed by atoms with van der Waals surface area (Å²) in [5.41, 5.74) is -1.86. The van der Waals surface area contributed by atoms with Crippen molar-refractivity contribution in [3.8, 4) is 0 Å². The maximum Gasteiger partial charge on any atom is 0.324 e. The molecular formula is C22H28O9S. The summed E-state index contributed by atoms with van der Waals surface area (Å²) in [5, 5.41) is 0. The Morgan fingerprint density at radius 3 is 2.22 bits per heavy atom. The lowest BCUT2D eigenvalue weighted by atomic mass is 9.49. The zero-order valence-corrected chi connectivity index (χ0v) is 18.6. The minimum atomic E-state index is -4.28. The van der Waals surface area contributed by atoms with Crippen molar-refractivity contribution in [2.45, 2.75) is 63.6 Å². The predicted octanol–water partition coefficient (Wildman–Crippen LogP) is 1.50. The first-order chi connectivity index (χ1) is 15.1. The Balaban J connectivity index is 1.15. The van der Waals surface area contributed by atoms with Gasteiger partial charge in [-0.2, -0.15) is 8.42 Å². The molecule has 1 heterocycles. The third-order valence-electron chi connectivity index (χ3n) is 9.22. The zero-order chi connectivity index (χ0) is 22.5. The molecule has 10 heteroatoms. The van der Waals surface area contributed by atoms with E-state index in [0.717, 1.165) is 19.3 Å². The van der Waals surface area contributed by atoms with Gasteiger partial charge < -0.3 is 14.2 Å². The summed E-state index contributed by atoms with van der Waals surface area (Å²) in [5.74, 6) is -1.14. The molecule has 6 bridgehead atoms. The van der Waals surface area contributed by atoms with Gasteiger partial charge in [0, 0.05) is 11.8 Å². The number of rotatable bonds is 6. The number of hydrogen-bond acceptors (Lipinski definition) is 8. The van der Waals surface area contributed by atoms with Gasteiger partial charge in [-0.05, 0) is 69.1 Å². The summed E-state index contributed by atoms with van der Waals surface area (Å²) in [6.07, 6.45) is 5.88. The fraction of sp³-hybridized carbons (Fsp3) is 0.864. The van der Waals surface area contributed by atoms with Crippen LogP contribution in [-0.2, 0) is 38.7 Å². The summed E-state index contributed by atoms with van der Waals surface area (Å²) < 4.78 is 47.3. The summed E-state index contributed by atoms with van der Waals surface area (Å²) in [7, 11) is -4.28. The Kier molecular flexibility index (Phi) is 4.36. The number of esters is 3. The van der Waals surface area contributed by atoms with E-state index in [0.29, 0.717) is 24.2 Å². The van der Waals surface area contributed by atoms with Gasteiger partial charge in [0.15, 0.2) is 5.41 Å². The molecule has 0 aromatic heterocycles. The molecule has 1 aliphatic heterocycles. The van der Waals surface area contributed by atoms with E-state index in [1.165, 1.54) is 19.3 Å². The lowest BCUT2D eigenvalue weighted by Gasteiger charge is -2.55. The van der Waals surface area contributed by atoms with Crippen LogP contribution in [0.5, 0.6) is 0 Å². The Hall–Kier alpha value is -1.68. The van der Waals surface area contributed by atoms with Crippen LogP contribution in [0.2, 0.25) is 0 Å². The standard InChI is InChI=1S/C22H28O9S/c23-18(21-7-11-3-12(8-21)5-13(4-11)9-21)30-16-14-6-15-17(16)31-20(25)22(15,10-14)19(24)29-1-2-32(26,27)28/h11-17H,1-10H2,(H,26,27,28). The Labute approximate surface area is 186 Å². The van der Waals surface area contributed by atoms with Crippen molar-refractivity contribution >= 4 is 28.0 Å². The number of carbonyl (C=O) groups excluding carboxylic acids is 3. The second-order valence-electron chi connectivity index (χ2n) is 11.1. The SMILES string of the molecule is O=C(OC1C2CC3C1OC(=O)C3(C(=O)OCCS(=O)(=O)O)C2)C12CC3CC(CC(C3)C1)C2. The van der Waals surface area contributed by atoms with E-state index in [-0.39, 0.29) is 18.3 Å². The monoisotopic (exact) mass is 468 g/mol. The van der Waals surface area contributed by atoms with E-state index >= 15 is 0 Å². The fourth-order valence-corrected chi connectivity index (χ4v) is 8.70. The summed E-state index contributed by atoms with van der Waals surface area (Å²) in [6.45, 7) is -0.529. The first kappa shape index (κ1) is 20.9. The van der Waals surface area contributed by atoms with E-state index in [9.17, 15) is 22.8 Å². The molecule has 7 rings (SSSR count). The van der Waals surface area contributed by atoms with Gasteiger partial charge in [0.1, 0.15) is 24.6 Å². The molecule has 5 unspecified atom stereocenters. The molecule has 176 valence electrons. The van der Waals surface area contributed by atoms with Gasteiger partial charge in [-0.25, -0.2) is 0 Å². The molecule has 0 spiro atoms. The van der Waals surface area contributed by atoms with Crippen LogP contribution in [0.3, 0.4) is 0 Å². The van der Waals surface area contributed by atoms with E-state index in [2.05, 4.69) is 0 Å². The molecule has 0 amide bonds. The average molecular weight is 469 g/mol. The molecule has 32 heavy (non-hydrogen) atoms. The lowest BCUT2D eigenvalue weighted by molar-refractivity contribution is -0.185. The molecule has 0 radical (unpaired) electrons. The van der Waals surface area contributed by atoms with Gasteiger partial charge in [0.2, 0.25) is 0 Å². The number of carbonyl (C=O) groups is 3. The highest BCUT2D eigenvalue weighted by molar-refractivity contribution is 7.85. The van der Waals surface area contributed by atoms with Crippen LogP contribution in [0.15, 0.2) is 0 Å². The van der Waals surface area contributed by atoms with Gasteiger partial charge in [0.25, 0.3) is 10.1 Å². The third kappa shape index (κ3) is 2.90. The molecular weight excluding hydrogens is 440 g/mol. The highest BCUT2D eigenvalue weighted by atomic mass is 32.2. The van der Waals surface area contributed by atoms with Gasteiger partial charge in [-0.3, -0.25) is 18.9 Å². The van der Waals surface area contributed by atoms with E-state index in [1.54, 1.807) is 0 Å². The molecule has 5 atom stereocenters. The number of fused-ring (bicyclic) bond motifs is 1. The highest BCUT2D eigenvalue weighted by Gasteiger charge is 2.75. The molecule has 1 saturated heterocycles. The van der Waals surface area contributed by atoms with Crippen LogP contribution in [-0.4, -0.2) is 55.4 Å². The largest absolute Gasteiger partial charge is 0.464 e. The lowest BCUT2D eigenvalue weighted by Crippen LogP contribution is -2.52. The highest BCUT2D eigenvalue weighted by Crippen LogP contribution is 2.64. The second kappa shape index (κ2) is 6.68. The van der Waals surface area contributed by atoms with E-state index < -0.39 is 63.4 Å². The van der Waals surface area contributed by atoms with Crippen LogP contribution in [0.4, 0.5) is 0 Å². The van der Waals surface area contributed by atoms with Crippen molar-refractivity contribution in [3.05, 3.63) is 0 Å². The number of hydrogen-bond donors (Lipinski definition) is 1. The van der Waals surface area contributed by atoms with Gasteiger partial charge in [-0.15, -0.1) is 0 Å². The molecule has 6 saturated carbocycles. The van der Waals surface area contributed by atoms with Crippen molar-refractivity contribution in [2.75, 3.05) is 12.4 Å². The molecule has 0 aromatic carbocycles. The third-order valence-corrected chi connectivity index (χ3v) is 9.90. The van der Waals surface area contributed by atoms with E-state index in [1.807, 2.05) is 0 Å². The van der Waals surface area contributed by atoms with Crippen LogP contribution in [0.25, 0.3) is 0 Å². The van der Waals surface area contributed by atoms with Gasteiger partial charge in [0.05, 0.1) is 5.41 Å². The molecule has 0 aromatic rings. The zero-order valence-electron chi connectivity index (χ0n) is 17.7.